The van der Waals surface area contributed by atoms with Gasteiger partial charge in [-0.05, 0) is 12.8 Å². The van der Waals surface area contributed by atoms with E-state index in [1.165, 1.54) is 4.90 Å². The highest BCUT2D eigenvalue weighted by molar-refractivity contribution is 5.93. The van der Waals surface area contributed by atoms with Crippen molar-refractivity contribution in [1.82, 2.24) is 10.2 Å². The van der Waals surface area contributed by atoms with Gasteiger partial charge < -0.3 is 20.1 Å². The number of carbonyl (C=O) groups excluding carboxylic acids is 2. The Morgan fingerprint density at radius 2 is 2.10 bits per heavy atom. The Hall–Kier alpha value is -1.63. The van der Waals surface area contributed by atoms with Gasteiger partial charge in [-0.15, -0.1) is 0 Å². The molecule has 7 nitrogen and oxygen atoms in total. The minimum atomic E-state index is -0.941. The van der Waals surface area contributed by atoms with Gasteiger partial charge in [0.1, 0.15) is 6.04 Å². The third-order valence-electron chi connectivity index (χ3n) is 3.69. The molecule has 2 amide bonds. The first-order chi connectivity index (χ1) is 9.56. The smallest absolute Gasteiger partial charge is 0.307 e. The topological polar surface area (TPSA) is 95.9 Å². The van der Waals surface area contributed by atoms with E-state index in [-0.39, 0.29) is 18.4 Å². The largest absolute Gasteiger partial charge is 0.481 e. The Bertz CT molecular complexity index is 412. The van der Waals surface area contributed by atoms with Crippen LogP contribution in [0, 0.1) is 11.8 Å². The number of hydrogen-bond acceptors (Lipinski definition) is 4. The molecule has 1 heterocycles. The van der Waals surface area contributed by atoms with Crippen molar-refractivity contribution in [2.75, 3.05) is 26.3 Å². The van der Waals surface area contributed by atoms with Gasteiger partial charge in [0.15, 0.2) is 0 Å². The second kappa shape index (κ2) is 6.21. The van der Waals surface area contributed by atoms with Gasteiger partial charge in [-0.1, -0.05) is 6.92 Å². The Morgan fingerprint density at radius 3 is 2.70 bits per heavy atom. The number of nitrogens with one attached hydrogen (secondary N) is 1. The third kappa shape index (κ3) is 3.09. The van der Waals surface area contributed by atoms with Crippen molar-refractivity contribution in [2.24, 2.45) is 11.8 Å². The average Bonchev–Trinajstić information content (AvgIpc) is 3.24. The Kier molecular flexibility index (Phi) is 4.59. The van der Waals surface area contributed by atoms with E-state index in [4.69, 9.17) is 9.84 Å². The number of carboxylic acid groups (broad SMARTS) is 1. The summed E-state index contributed by atoms with van der Waals surface area (Å²) >= 11 is 0. The monoisotopic (exact) mass is 284 g/mol. The number of amides is 2. The lowest BCUT2D eigenvalue weighted by Gasteiger charge is -2.34. The summed E-state index contributed by atoms with van der Waals surface area (Å²) in [4.78, 5) is 36.6. The zero-order valence-electron chi connectivity index (χ0n) is 11.5. The van der Waals surface area contributed by atoms with Crippen LogP contribution < -0.4 is 5.32 Å². The highest BCUT2D eigenvalue weighted by Crippen LogP contribution is 2.40. The number of hydrogen-bond donors (Lipinski definition) is 2. The second-order valence-electron chi connectivity index (χ2n) is 5.20. The molecule has 2 rings (SSSR count). The van der Waals surface area contributed by atoms with Gasteiger partial charge in [0.25, 0.3) is 0 Å². The van der Waals surface area contributed by atoms with E-state index in [1.54, 1.807) is 0 Å². The number of aliphatic carboxylic acids is 1. The third-order valence-corrected chi connectivity index (χ3v) is 3.69. The van der Waals surface area contributed by atoms with E-state index in [9.17, 15) is 14.4 Å². The minimum Gasteiger partial charge on any atom is -0.481 e. The van der Waals surface area contributed by atoms with Crippen molar-refractivity contribution >= 4 is 17.8 Å². The van der Waals surface area contributed by atoms with E-state index in [1.807, 2.05) is 6.92 Å². The molecule has 7 heteroatoms. The average molecular weight is 284 g/mol. The van der Waals surface area contributed by atoms with Crippen LogP contribution in [0.2, 0.25) is 0 Å². The van der Waals surface area contributed by atoms with E-state index in [2.05, 4.69) is 5.32 Å². The molecule has 1 aliphatic carbocycles. The molecular formula is C13H20N2O5. The second-order valence-corrected chi connectivity index (χ2v) is 5.20. The van der Waals surface area contributed by atoms with Gasteiger partial charge in [0.2, 0.25) is 11.8 Å². The number of carboxylic acids is 1. The maximum absolute atomic E-state index is 12.3. The lowest BCUT2D eigenvalue weighted by molar-refractivity contribution is -0.151. The zero-order chi connectivity index (χ0) is 14.7. The van der Waals surface area contributed by atoms with E-state index >= 15 is 0 Å². The van der Waals surface area contributed by atoms with E-state index < -0.39 is 23.8 Å². The highest BCUT2D eigenvalue weighted by Gasteiger charge is 2.51. The van der Waals surface area contributed by atoms with Crippen LogP contribution in [0.4, 0.5) is 0 Å². The zero-order valence-corrected chi connectivity index (χ0v) is 11.5. The molecule has 0 spiro atoms. The van der Waals surface area contributed by atoms with Crippen LogP contribution in [0.1, 0.15) is 19.8 Å². The van der Waals surface area contributed by atoms with Crippen molar-refractivity contribution in [2.45, 2.75) is 25.8 Å². The summed E-state index contributed by atoms with van der Waals surface area (Å²) in [5.74, 6) is -2.48. The quantitative estimate of drug-likeness (QED) is 0.707. The fourth-order valence-corrected chi connectivity index (χ4v) is 2.40. The van der Waals surface area contributed by atoms with Crippen molar-refractivity contribution in [3.05, 3.63) is 0 Å². The van der Waals surface area contributed by atoms with Crippen LogP contribution in [0.3, 0.4) is 0 Å². The van der Waals surface area contributed by atoms with Gasteiger partial charge in [-0.25, -0.2) is 0 Å². The van der Waals surface area contributed by atoms with Gasteiger partial charge >= 0.3 is 5.97 Å². The fourth-order valence-electron chi connectivity index (χ4n) is 2.40. The summed E-state index contributed by atoms with van der Waals surface area (Å²) in [6.07, 6.45) is 1.19. The molecule has 0 bridgehead atoms. The van der Waals surface area contributed by atoms with Crippen molar-refractivity contribution in [3.8, 4) is 0 Å². The molecule has 3 unspecified atom stereocenters. The summed E-state index contributed by atoms with van der Waals surface area (Å²) < 4.78 is 5.27. The first-order valence-electron chi connectivity index (χ1n) is 6.95. The normalized spacial score (nSPS) is 28.9. The summed E-state index contributed by atoms with van der Waals surface area (Å²) in [5, 5.41) is 11.6. The molecular weight excluding hydrogens is 264 g/mol. The van der Waals surface area contributed by atoms with Crippen LogP contribution in [0.25, 0.3) is 0 Å². The summed E-state index contributed by atoms with van der Waals surface area (Å²) in [5.41, 5.74) is 0. The van der Waals surface area contributed by atoms with Gasteiger partial charge in [0, 0.05) is 13.1 Å². The Balaban J connectivity index is 1.98. The van der Waals surface area contributed by atoms with Crippen molar-refractivity contribution in [1.29, 1.82) is 0 Å². The molecule has 0 aromatic carbocycles. The number of rotatable bonds is 5. The molecule has 112 valence electrons. The van der Waals surface area contributed by atoms with E-state index in [0.717, 1.165) is 6.42 Å². The highest BCUT2D eigenvalue weighted by atomic mass is 16.5. The van der Waals surface area contributed by atoms with Gasteiger partial charge in [0.05, 0.1) is 25.0 Å². The molecule has 2 N–H and O–H groups in total. The first kappa shape index (κ1) is 14.8. The van der Waals surface area contributed by atoms with Crippen molar-refractivity contribution in [3.63, 3.8) is 0 Å². The standard InChI is InChI=1S/C13H20N2O5/c1-2-3-14-11(16)10-7-20-5-4-15(10)12(17)8-6-9(8)13(18)19/h8-10H,2-7H2,1H3,(H,14,16)(H,18,19). The predicted molar refractivity (Wildman–Crippen MR) is 68.9 cm³/mol. The molecule has 0 aromatic rings. The van der Waals surface area contributed by atoms with Gasteiger partial charge in [-0.2, -0.15) is 0 Å². The SMILES string of the molecule is CCCNC(=O)C1COCCN1C(=O)C1CC1C(=O)O. The maximum atomic E-state index is 12.3. The lowest BCUT2D eigenvalue weighted by Crippen LogP contribution is -2.56. The molecule has 3 atom stereocenters. The Morgan fingerprint density at radius 1 is 1.35 bits per heavy atom. The molecule has 2 fully saturated rings. The molecule has 2 aliphatic rings. The molecule has 1 saturated heterocycles. The molecule has 1 aliphatic heterocycles. The number of ether oxygens (including phenoxy) is 1. The summed E-state index contributed by atoms with van der Waals surface area (Å²) in [6.45, 7) is 3.39. The van der Waals surface area contributed by atoms with Gasteiger partial charge in [-0.3, -0.25) is 14.4 Å². The number of morpholine rings is 1. The van der Waals surface area contributed by atoms with Crippen LogP contribution in [0.15, 0.2) is 0 Å². The van der Waals surface area contributed by atoms with Crippen LogP contribution in [-0.2, 0) is 19.1 Å². The number of carbonyl (C=O) groups is 3. The molecule has 0 aromatic heterocycles. The maximum Gasteiger partial charge on any atom is 0.307 e. The van der Waals surface area contributed by atoms with Crippen LogP contribution in [-0.4, -0.2) is 60.1 Å². The summed E-state index contributed by atoms with van der Waals surface area (Å²) in [6, 6.07) is -0.641. The van der Waals surface area contributed by atoms with Crippen molar-refractivity contribution < 1.29 is 24.2 Å². The van der Waals surface area contributed by atoms with E-state index in [0.29, 0.717) is 26.1 Å². The van der Waals surface area contributed by atoms with Crippen LogP contribution in [0.5, 0.6) is 0 Å². The number of nitrogens with zero attached hydrogens (tertiary/aromatic N) is 1. The summed E-state index contributed by atoms with van der Waals surface area (Å²) in [7, 11) is 0. The Labute approximate surface area is 117 Å². The lowest BCUT2D eigenvalue weighted by atomic mass is 10.1. The predicted octanol–water partition coefficient (Wildman–Crippen LogP) is -0.539. The molecule has 0 radical (unpaired) electrons. The molecule has 1 saturated carbocycles. The van der Waals surface area contributed by atoms with Crippen LogP contribution >= 0.6 is 0 Å². The minimum absolute atomic E-state index is 0.172. The first-order valence-corrected chi connectivity index (χ1v) is 6.95. The molecule has 20 heavy (non-hydrogen) atoms. The fraction of sp³-hybridized carbons (Fsp3) is 0.769.